The maximum absolute atomic E-state index is 12.2. The van der Waals surface area contributed by atoms with E-state index in [2.05, 4.69) is 15.9 Å². The predicted octanol–water partition coefficient (Wildman–Crippen LogP) is 2.32. The molecule has 4 nitrogen and oxygen atoms in total. The van der Waals surface area contributed by atoms with Crippen LogP contribution >= 0.6 is 27.3 Å². The van der Waals surface area contributed by atoms with E-state index in [0.717, 1.165) is 15.8 Å². The summed E-state index contributed by atoms with van der Waals surface area (Å²) >= 11 is 4.21. The van der Waals surface area contributed by atoms with Gasteiger partial charge in [-0.15, -0.1) is 11.3 Å². The number of hydrogen-bond donors (Lipinski definition) is 1. The summed E-state index contributed by atoms with van der Waals surface area (Å²) in [6.07, 6.45) is 0. The third-order valence-electron chi connectivity index (χ3n) is 2.05. The number of benzene rings is 1. The first-order valence-corrected chi connectivity index (χ1v) is 8.98. The van der Waals surface area contributed by atoms with Gasteiger partial charge in [0.2, 0.25) is 10.0 Å². The summed E-state index contributed by atoms with van der Waals surface area (Å²) in [4.78, 5) is 0.612. The molecule has 0 saturated heterocycles. The maximum atomic E-state index is 12.2. The van der Waals surface area contributed by atoms with Crippen LogP contribution in [-0.4, -0.2) is 12.6 Å². The highest BCUT2D eigenvalue weighted by Crippen LogP contribution is 2.27. The number of halogens is 1. The van der Waals surface area contributed by atoms with Crippen molar-refractivity contribution in [2.75, 3.05) is 0 Å². The lowest BCUT2D eigenvalue weighted by Gasteiger charge is -1.99. The molecule has 1 atom stereocenters. The molecule has 1 aromatic carbocycles. The first-order chi connectivity index (χ1) is 8.38. The van der Waals surface area contributed by atoms with E-state index in [1.54, 1.807) is 24.3 Å². The normalized spacial score (nSPS) is 13.4. The van der Waals surface area contributed by atoms with Crippen LogP contribution in [0.2, 0.25) is 0 Å². The van der Waals surface area contributed by atoms with Crippen LogP contribution in [0.4, 0.5) is 0 Å². The Kier molecular flexibility index (Phi) is 4.02. The SMILES string of the molecule is NS(=O)(=O)c1ccc([S@@](=O)c2ccc(Br)cc2)s1. The van der Waals surface area contributed by atoms with Crippen LogP contribution in [-0.2, 0) is 20.8 Å². The molecule has 0 aliphatic heterocycles. The van der Waals surface area contributed by atoms with Gasteiger partial charge < -0.3 is 0 Å². The minimum atomic E-state index is -3.73. The van der Waals surface area contributed by atoms with Crippen LogP contribution in [0.25, 0.3) is 0 Å². The maximum Gasteiger partial charge on any atom is 0.247 e. The van der Waals surface area contributed by atoms with E-state index >= 15 is 0 Å². The molecule has 1 heterocycles. The van der Waals surface area contributed by atoms with E-state index in [9.17, 15) is 12.6 Å². The predicted molar refractivity (Wildman–Crippen MR) is 74.5 cm³/mol. The molecule has 0 aliphatic rings. The van der Waals surface area contributed by atoms with Crippen LogP contribution in [0, 0.1) is 0 Å². The van der Waals surface area contributed by atoms with E-state index in [-0.39, 0.29) is 4.21 Å². The lowest BCUT2D eigenvalue weighted by atomic mass is 10.4. The largest absolute Gasteiger partial charge is 0.248 e. The highest BCUT2D eigenvalue weighted by atomic mass is 79.9. The standard InChI is InChI=1S/C10H8BrNO3S3/c11-7-1-3-8(4-2-7)17(13)9-5-6-10(16-9)18(12,14)15/h1-6H,(H2,12,14,15)/t17-/m0/s1. The molecule has 96 valence electrons. The highest BCUT2D eigenvalue weighted by Gasteiger charge is 2.15. The van der Waals surface area contributed by atoms with Crippen LogP contribution in [0.1, 0.15) is 0 Å². The van der Waals surface area contributed by atoms with Crippen molar-refractivity contribution in [3.05, 3.63) is 40.9 Å². The van der Waals surface area contributed by atoms with Crippen molar-refractivity contribution in [3.8, 4) is 0 Å². The number of primary sulfonamides is 1. The molecular formula is C10H8BrNO3S3. The Bertz CT molecular complexity index is 691. The smallest absolute Gasteiger partial charge is 0.247 e. The zero-order valence-electron chi connectivity index (χ0n) is 8.87. The number of rotatable bonds is 3. The molecule has 2 aromatic rings. The quantitative estimate of drug-likeness (QED) is 0.906. The summed E-state index contributed by atoms with van der Waals surface area (Å²) < 4.78 is 35.8. The van der Waals surface area contributed by atoms with E-state index in [1.807, 2.05) is 0 Å². The Morgan fingerprint density at radius 1 is 1.11 bits per heavy atom. The third-order valence-corrected chi connectivity index (χ3v) is 6.80. The topological polar surface area (TPSA) is 77.2 Å². The van der Waals surface area contributed by atoms with Crippen LogP contribution < -0.4 is 5.14 Å². The Morgan fingerprint density at radius 2 is 1.72 bits per heavy atom. The van der Waals surface area contributed by atoms with E-state index in [1.165, 1.54) is 12.1 Å². The van der Waals surface area contributed by atoms with Gasteiger partial charge in [-0.3, -0.25) is 0 Å². The zero-order valence-corrected chi connectivity index (χ0v) is 12.9. The lowest BCUT2D eigenvalue weighted by Crippen LogP contribution is -2.09. The monoisotopic (exact) mass is 365 g/mol. The lowest BCUT2D eigenvalue weighted by molar-refractivity contribution is 0.600. The molecule has 0 spiro atoms. The van der Waals surface area contributed by atoms with Gasteiger partial charge in [0.25, 0.3) is 0 Å². The minimum absolute atomic E-state index is 0.0166. The molecule has 0 fully saturated rings. The highest BCUT2D eigenvalue weighted by molar-refractivity contribution is 9.10. The molecule has 2 N–H and O–H groups in total. The average molecular weight is 366 g/mol. The number of nitrogens with two attached hydrogens (primary N) is 1. The van der Waals surface area contributed by atoms with Gasteiger partial charge in [-0.05, 0) is 36.4 Å². The van der Waals surface area contributed by atoms with Crippen molar-refractivity contribution in [2.45, 2.75) is 13.3 Å². The molecule has 18 heavy (non-hydrogen) atoms. The van der Waals surface area contributed by atoms with Crippen molar-refractivity contribution < 1.29 is 12.6 Å². The number of thiophene rings is 1. The number of hydrogen-bond acceptors (Lipinski definition) is 4. The third kappa shape index (κ3) is 3.07. The average Bonchev–Trinajstić information content (AvgIpc) is 2.78. The van der Waals surface area contributed by atoms with Crippen molar-refractivity contribution in [1.29, 1.82) is 0 Å². The van der Waals surface area contributed by atoms with E-state index < -0.39 is 20.8 Å². The second-order valence-electron chi connectivity index (χ2n) is 3.34. The van der Waals surface area contributed by atoms with Crippen molar-refractivity contribution in [3.63, 3.8) is 0 Å². The van der Waals surface area contributed by atoms with Crippen LogP contribution in [0.5, 0.6) is 0 Å². The van der Waals surface area contributed by atoms with Gasteiger partial charge in [0.1, 0.15) is 4.21 Å². The molecule has 0 aliphatic carbocycles. The summed E-state index contributed by atoms with van der Waals surface area (Å²) in [7, 11) is -5.12. The molecule has 0 radical (unpaired) electrons. The fourth-order valence-electron chi connectivity index (χ4n) is 1.23. The fraction of sp³-hybridized carbons (Fsp3) is 0. The van der Waals surface area contributed by atoms with Gasteiger partial charge in [0, 0.05) is 9.37 Å². The fourth-order valence-corrected chi connectivity index (χ4v) is 4.78. The van der Waals surface area contributed by atoms with Gasteiger partial charge in [-0.2, -0.15) is 0 Å². The van der Waals surface area contributed by atoms with Crippen LogP contribution in [0.3, 0.4) is 0 Å². The minimum Gasteiger partial charge on any atom is -0.248 e. The van der Waals surface area contributed by atoms with Gasteiger partial charge >= 0.3 is 0 Å². The van der Waals surface area contributed by atoms with Gasteiger partial charge in [-0.1, -0.05) is 15.9 Å². The summed E-state index contributed by atoms with van der Waals surface area (Å²) in [5.74, 6) is 0. The van der Waals surface area contributed by atoms with E-state index in [0.29, 0.717) is 9.10 Å². The Morgan fingerprint density at radius 3 is 2.22 bits per heavy atom. The molecule has 1 aromatic heterocycles. The summed E-state index contributed by atoms with van der Waals surface area (Å²) in [5.41, 5.74) is 0. The molecular weight excluding hydrogens is 358 g/mol. The van der Waals surface area contributed by atoms with Gasteiger partial charge in [0.15, 0.2) is 0 Å². The summed E-state index contributed by atoms with van der Waals surface area (Å²) in [6.45, 7) is 0. The molecule has 0 saturated carbocycles. The first-order valence-electron chi connectivity index (χ1n) is 4.68. The molecule has 0 unspecified atom stereocenters. The first kappa shape index (κ1) is 13.9. The molecule has 2 rings (SSSR count). The Labute approximate surface area is 119 Å². The second-order valence-corrected chi connectivity index (χ2v) is 8.84. The summed E-state index contributed by atoms with van der Waals surface area (Å²) in [5, 5.41) is 5.01. The Balaban J connectivity index is 2.35. The molecule has 0 bridgehead atoms. The summed E-state index contributed by atoms with van der Waals surface area (Å²) in [6, 6.07) is 9.88. The van der Waals surface area contributed by atoms with E-state index in [4.69, 9.17) is 5.14 Å². The molecule has 0 amide bonds. The Hall–Kier alpha value is -0.540. The second kappa shape index (κ2) is 5.22. The van der Waals surface area contributed by atoms with Crippen molar-refractivity contribution >= 4 is 48.1 Å². The number of sulfonamides is 1. The van der Waals surface area contributed by atoms with Crippen LogP contribution in [0.15, 0.2) is 54.2 Å². The van der Waals surface area contributed by atoms with Gasteiger partial charge in [-0.25, -0.2) is 17.8 Å². The molecule has 8 heteroatoms. The van der Waals surface area contributed by atoms with Crippen molar-refractivity contribution in [2.24, 2.45) is 5.14 Å². The zero-order chi connectivity index (χ0) is 13.3. The van der Waals surface area contributed by atoms with Gasteiger partial charge in [0.05, 0.1) is 15.0 Å². The van der Waals surface area contributed by atoms with Crippen molar-refractivity contribution in [1.82, 2.24) is 0 Å².